The highest BCUT2D eigenvalue weighted by molar-refractivity contribution is 5.10. The van der Waals surface area contributed by atoms with Crippen molar-refractivity contribution < 1.29 is 4.42 Å². The van der Waals surface area contributed by atoms with Gasteiger partial charge in [-0.05, 0) is 6.54 Å². The summed E-state index contributed by atoms with van der Waals surface area (Å²) >= 11 is 0. The van der Waals surface area contributed by atoms with E-state index in [1.165, 1.54) is 6.39 Å². The highest BCUT2D eigenvalue weighted by atomic mass is 16.3. The van der Waals surface area contributed by atoms with Crippen molar-refractivity contribution in [1.82, 2.24) is 10.3 Å². The van der Waals surface area contributed by atoms with Gasteiger partial charge in [-0.1, -0.05) is 20.8 Å². The third-order valence-corrected chi connectivity index (χ3v) is 1.74. The van der Waals surface area contributed by atoms with Gasteiger partial charge in [0.1, 0.15) is 5.76 Å². The normalized spacial score (nSPS) is 11.0. The molecule has 1 aromatic rings. The number of nitrogens with one attached hydrogen (secondary N) is 1. The summed E-state index contributed by atoms with van der Waals surface area (Å²) < 4.78 is 5.27. The molecule has 3 nitrogen and oxygen atoms in total. The summed E-state index contributed by atoms with van der Waals surface area (Å²) in [4.78, 5) is 4.15. The summed E-state index contributed by atoms with van der Waals surface area (Å²) in [6, 6.07) is 0. The van der Waals surface area contributed by atoms with Crippen LogP contribution in [-0.2, 0) is 6.54 Å². The molecular weight excluding hydrogens is 152 g/mol. The minimum absolute atomic E-state index is 0.418. The fourth-order valence-electron chi connectivity index (χ4n) is 1.12. The SMILES string of the molecule is CCNCc1ncoc1C(C)C. The Bertz CT molecular complexity index is 230. The minimum Gasteiger partial charge on any atom is -0.448 e. The third-order valence-electron chi connectivity index (χ3n) is 1.74. The van der Waals surface area contributed by atoms with Gasteiger partial charge in [-0.15, -0.1) is 0 Å². The fourth-order valence-corrected chi connectivity index (χ4v) is 1.12. The maximum atomic E-state index is 5.27. The molecule has 0 spiro atoms. The van der Waals surface area contributed by atoms with Crippen LogP contribution < -0.4 is 5.32 Å². The first-order valence-electron chi connectivity index (χ1n) is 4.38. The maximum Gasteiger partial charge on any atom is 0.181 e. The predicted octanol–water partition coefficient (Wildman–Crippen LogP) is 1.91. The minimum atomic E-state index is 0.418. The van der Waals surface area contributed by atoms with Crippen LogP contribution in [0.1, 0.15) is 38.1 Å². The lowest BCUT2D eigenvalue weighted by Gasteiger charge is -2.03. The lowest BCUT2D eigenvalue weighted by Crippen LogP contribution is -2.13. The first-order chi connectivity index (χ1) is 5.75. The van der Waals surface area contributed by atoms with Crippen molar-refractivity contribution in [2.24, 2.45) is 0 Å². The van der Waals surface area contributed by atoms with E-state index in [4.69, 9.17) is 4.42 Å². The van der Waals surface area contributed by atoms with E-state index in [0.29, 0.717) is 5.92 Å². The monoisotopic (exact) mass is 168 g/mol. The Balaban J connectivity index is 2.64. The lowest BCUT2D eigenvalue weighted by atomic mass is 10.1. The molecular formula is C9H16N2O. The summed E-state index contributed by atoms with van der Waals surface area (Å²) in [7, 11) is 0. The van der Waals surface area contributed by atoms with Crippen molar-refractivity contribution in [2.45, 2.75) is 33.2 Å². The van der Waals surface area contributed by atoms with E-state index in [1.54, 1.807) is 0 Å². The van der Waals surface area contributed by atoms with E-state index in [1.807, 2.05) is 0 Å². The molecule has 0 atom stereocenters. The molecule has 0 saturated carbocycles. The highest BCUT2D eigenvalue weighted by Crippen LogP contribution is 2.17. The standard InChI is InChI=1S/C9H16N2O/c1-4-10-5-8-9(7(2)3)12-6-11-8/h6-7,10H,4-5H2,1-3H3. The number of nitrogens with zero attached hydrogens (tertiary/aromatic N) is 1. The molecule has 1 aromatic heterocycles. The van der Waals surface area contributed by atoms with Crippen LogP contribution in [0.4, 0.5) is 0 Å². The van der Waals surface area contributed by atoms with Crippen molar-refractivity contribution in [2.75, 3.05) is 6.54 Å². The molecule has 0 radical (unpaired) electrons. The lowest BCUT2D eigenvalue weighted by molar-refractivity contribution is 0.477. The molecule has 0 aliphatic carbocycles. The van der Waals surface area contributed by atoms with E-state index in [-0.39, 0.29) is 0 Å². The van der Waals surface area contributed by atoms with E-state index in [9.17, 15) is 0 Å². The summed E-state index contributed by atoms with van der Waals surface area (Å²) in [5.74, 6) is 1.41. The average molecular weight is 168 g/mol. The van der Waals surface area contributed by atoms with Crippen LogP contribution >= 0.6 is 0 Å². The van der Waals surface area contributed by atoms with E-state index in [0.717, 1.165) is 24.5 Å². The number of oxazole rings is 1. The Kier molecular flexibility index (Phi) is 3.29. The summed E-state index contributed by atoms with van der Waals surface area (Å²) in [5, 5.41) is 3.22. The Morgan fingerprint density at radius 3 is 2.92 bits per heavy atom. The number of hydrogen-bond donors (Lipinski definition) is 1. The summed E-state index contributed by atoms with van der Waals surface area (Å²) in [6.07, 6.45) is 1.52. The smallest absolute Gasteiger partial charge is 0.181 e. The Morgan fingerprint density at radius 1 is 1.58 bits per heavy atom. The molecule has 0 unspecified atom stereocenters. The molecule has 0 saturated heterocycles. The molecule has 0 bridgehead atoms. The zero-order valence-corrected chi connectivity index (χ0v) is 7.92. The van der Waals surface area contributed by atoms with Gasteiger partial charge >= 0.3 is 0 Å². The fraction of sp³-hybridized carbons (Fsp3) is 0.667. The Labute approximate surface area is 73.2 Å². The third kappa shape index (κ3) is 2.08. The van der Waals surface area contributed by atoms with Crippen molar-refractivity contribution in [3.63, 3.8) is 0 Å². The molecule has 12 heavy (non-hydrogen) atoms. The first-order valence-corrected chi connectivity index (χ1v) is 4.38. The number of aromatic nitrogens is 1. The zero-order valence-electron chi connectivity index (χ0n) is 7.92. The van der Waals surface area contributed by atoms with Gasteiger partial charge in [0, 0.05) is 12.5 Å². The molecule has 68 valence electrons. The first kappa shape index (κ1) is 9.26. The molecule has 1 N–H and O–H groups in total. The second-order valence-electron chi connectivity index (χ2n) is 3.10. The van der Waals surface area contributed by atoms with Crippen LogP contribution in [0.3, 0.4) is 0 Å². The summed E-state index contributed by atoms with van der Waals surface area (Å²) in [5.41, 5.74) is 1.03. The summed E-state index contributed by atoms with van der Waals surface area (Å²) in [6.45, 7) is 8.06. The molecule has 0 aromatic carbocycles. The van der Waals surface area contributed by atoms with Gasteiger partial charge in [0.05, 0.1) is 5.69 Å². The zero-order chi connectivity index (χ0) is 8.97. The van der Waals surface area contributed by atoms with Crippen molar-refractivity contribution >= 4 is 0 Å². The molecule has 0 aliphatic rings. The van der Waals surface area contributed by atoms with Gasteiger partial charge in [-0.2, -0.15) is 0 Å². The maximum absolute atomic E-state index is 5.27. The van der Waals surface area contributed by atoms with Crippen molar-refractivity contribution in [3.8, 4) is 0 Å². The van der Waals surface area contributed by atoms with Gasteiger partial charge in [-0.3, -0.25) is 0 Å². The molecule has 0 fully saturated rings. The van der Waals surface area contributed by atoms with Gasteiger partial charge < -0.3 is 9.73 Å². The van der Waals surface area contributed by atoms with Crippen LogP contribution in [0.2, 0.25) is 0 Å². The van der Waals surface area contributed by atoms with Crippen LogP contribution in [0.15, 0.2) is 10.8 Å². The average Bonchev–Trinajstić information content (AvgIpc) is 2.48. The van der Waals surface area contributed by atoms with Crippen LogP contribution in [0, 0.1) is 0 Å². The number of hydrogen-bond acceptors (Lipinski definition) is 3. The van der Waals surface area contributed by atoms with Gasteiger partial charge in [0.15, 0.2) is 6.39 Å². The number of rotatable bonds is 4. The van der Waals surface area contributed by atoms with Crippen LogP contribution in [0.5, 0.6) is 0 Å². The van der Waals surface area contributed by atoms with Gasteiger partial charge in [0.25, 0.3) is 0 Å². The molecule has 3 heteroatoms. The molecule has 1 rings (SSSR count). The van der Waals surface area contributed by atoms with Crippen molar-refractivity contribution in [1.29, 1.82) is 0 Å². The Morgan fingerprint density at radius 2 is 2.33 bits per heavy atom. The van der Waals surface area contributed by atoms with E-state index >= 15 is 0 Å². The van der Waals surface area contributed by atoms with Crippen LogP contribution in [0.25, 0.3) is 0 Å². The predicted molar refractivity (Wildman–Crippen MR) is 48.0 cm³/mol. The van der Waals surface area contributed by atoms with E-state index < -0.39 is 0 Å². The molecule has 1 heterocycles. The Hall–Kier alpha value is -0.830. The largest absolute Gasteiger partial charge is 0.448 e. The van der Waals surface area contributed by atoms with E-state index in [2.05, 4.69) is 31.1 Å². The highest BCUT2D eigenvalue weighted by Gasteiger charge is 2.10. The second kappa shape index (κ2) is 4.26. The quantitative estimate of drug-likeness (QED) is 0.746. The van der Waals surface area contributed by atoms with Gasteiger partial charge in [0.2, 0.25) is 0 Å². The second-order valence-corrected chi connectivity index (χ2v) is 3.10. The van der Waals surface area contributed by atoms with Gasteiger partial charge in [-0.25, -0.2) is 4.98 Å². The molecule has 0 aliphatic heterocycles. The molecule has 0 amide bonds. The van der Waals surface area contributed by atoms with Crippen LogP contribution in [-0.4, -0.2) is 11.5 Å². The van der Waals surface area contributed by atoms with Crippen molar-refractivity contribution in [3.05, 3.63) is 17.8 Å². The topological polar surface area (TPSA) is 38.1 Å².